The van der Waals surface area contributed by atoms with Crippen LogP contribution in [0.2, 0.25) is 0 Å². The standard InChI is InChI=1S/C18H19FN2O4S/c1-2-3-7-17-18(22)20-15-11-14(8-9-16(15)25-17)26(23,24)21-13-6-4-5-12(19)10-13/h4-6,8-11,17,21H,2-3,7H2,1H3,(H,20,22). The Bertz CT molecular complexity index is 931. The molecule has 1 heterocycles. The van der Waals surface area contributed by atoms with Crippen LogP contribution in [0.15, 0.2) is 47.4 Å². The molecular formula is C18H19FN2O4S. The van der Waals surface area contributed by atoms with Crippen molar-refractivity contribution >= 4 is 27.3 Å². The van der Waals surface area contributed by atoms with Gasteiger partial charge in [0.1, 0.15) is 11.6 Å². The molecule has 2 aromatic rings. The summed E-state index contributed by atoms with van der Waals surface area (Å²) < 4.78 is 46.2. The molecule has 1 amide bonds. The summed E-state index contributed by atoms with van der Waals surface area (Å²) in [5.74, 6) is -0.413. The van der Waals surface area contributed by atoms with Crippen LogP contribution in [0.1, 0.15) is 26.2 Å². The molecule has 2 aromatic carbocycles. The highest BCUT2D eigenvalue weighted by atomic mass is 32.2. The number of amides is 1. The number of halogens is 1. The highest BCUT2D eigenvalue weighted by Crippen LogP contribution is 2.33. The highest BCUT2D eigenvalue weighted by Gasteiger charge is 2.28. The molecule has 0 aromatic heterocycles. The molecule has 8 heteroatoms. The fourth-order valence-electron chi connectivity index (χ4n) is 2.64. The minimum Gasteiger partial charge on any atom is -0.478 e. The minimum atomic E-state index is -3.93. The number of carbonyl (C=O) groups excluding carboxylic acids is 1. The van der Waals surface area contributed by atoms with Crippen LogP contribution in [0.3, 0.4) is 0 Å². The lowest BCUT2D eigenvalue weighted by Gasteiger charge is -2.26. The SMILES string of the molecule is CCCCC1Oc2ccc(S(=O)(=O)Nc3cccc(F)c3)cc2NC1=O. The zero-order valence-corrected chi connectivity index (χ0v) is 15.0. The van der Waals surface area contributed by atoms with Crippen LogP contribution in [0.5, 0.6) is 5.75 Å². The molecule has 0 saturated carbocycles. The average molecular weight is 378 g/mol. The summed E-state index contributed by atoms with van der Waals surface area (Å²) >= 11 is 0. The molecular weight excluding hydrogens is 359 g/mol. The van der Waals surface area contributed by atoms with Crippen LogP contribution in [0.25, 0.3) is 0 Å². The van der Waals surface area contributed by atoms with Gasteiger partial charge in [0.25, 0.3) is 15.9 Å². The van der Waals surface area contributed by atoms with Crippen LogP contribution in [-0.2, 0) is 14.8 Å². The van der Waals surface area contributed by atoms with Crippen LogP contribution in [-0.4, -0.2) is 20.4 Å². The van der Waals surface area contributed by atoms with Crippen molar-refractivity contribution in [2.24, 2.45) is 0 Å². The molecule has 3 rings (SSSR count). The van der Waals surface area contributed by atoms with Crippen molar-refractivity contribution in [2.75, 3.05) is 10.0 Å². The summed E-state index contributed by atoms with van der Waals surface area (Å²) in [5, 5.41) is 2.69. The van der Waals surface area contributed by atoms with Crippen molar-refractivity contribution in [3.63, 3.8) is 0 Å². The summed E-state index contributed by atoms with van der Waals surface area (Å²) in [4.78, 5) is 12.1. The molecule has 1 aliphatic rings. The van der Waals surface area contributed by atoms with Gasteiger partial charge >= 0.3 is 0 Å². The highest BCUT2D eigenvalue weighted by molar-refractivity contribution is 7.92. The largest absolute Gasteiger partial charge is 0.478 e. The predicted molar refractivity (Wildman–Crippen MR) is 96.2 cm³/mol. The predicted octanol–water partition coefficient (Wildman–Crippen LogP) is 3.52. The van der Waals surface area contributed by atoms with Gasteiger partial charge in [-0.15, -0.1) is 0 Å². The van der Waals surface area contributed by atoms with E-state index in [2.05, 4.69) is 10.0 Å². The quantitative estimate of drug-likeness (QED) is 0.806. The van der Waals surface area contributed by atoms with Crippen molar-refractivity contribution in [1.29, 1.82) is 0 Å². The lowest BCUT2D eigenvalue weighted by molar-refractivity contribution is -0.123. The lowest BCUT2D eigenvalue weighted by Crippen LogP contribution is -2.37. The Balaban J connectivity index is 1.82. The van der Waals surface area contributed by atoms with Crippen LogP contribution in [0.4, 0.5) is 15.8 Å². The number of benzene rings is 2. The van der Waals surface area contributed by atoms with Crippen LogP contribution < -0.4 is 14.8 Å². The number of fused-ring (bicyclic) bond motifs is 1. The molecule has 0 radical (unpaired) electrons. The van der Waals surface area contributed by atoms with E-state index in [4.69, 9.17) is 4.74 Å². The van der Waals surface area contributed by atoms with E-state index >= 15 is 0 Å². The van der Waals surface area contributed by atoms with Gasteiger partial charge in [-0.05, 0) is 49.2 Å². The van der Waals surface area contributed by atoms with Crippen molar-refractivity contribution < 1.29 is 22.3 Å². The Labute approximate surface area is 151 Å². The first kappa shape index (κ1) is 18.2. The zero-order chi connectivity index (χ0) is 18.7. The Morgan fingerprint density at radius 3 is 2.77 bits per heavy atom. The maximum absolute atomic E-state index is 13.2. The van der Waals surface area contributed by atoms with E-state index in [0.29, 0.717) is 17.9 Å². The second-order valence-corrected chi connectivity index (χ2v) is 7.69. The van der Waals surface area contributed by atoms with Crippen molar-refractivity contribution in [2.45, 2.75) is 37.2 Å². The summed E-state index contributed by atoms with van der Waals surface area (Å²) in [7, 11) is -3.93. The molecule has 1 unspecified atom stereocenters. The average Bonchev–Trinajstić information content (AvgIpc) is 2.59. The number of anilines is 2. The molecule has 0 spiro atoms. The Morgan fingerprint density at radius 1 is 1.23 bits per heavy atom. The normalized spacial score (nSPS) is 16.4. The van der Waals surface area contributed by atoms with Gasteiger partial charge in [0.05, 0.1) is 16.3 Å². The van der Waals surface area contributed by atoms with Crippen LogP contribution in [0, 0.1) is 5.82 Å². The van der Waals surface area contributed by atoms with Crippen molar-refractivity contribution in [3.05, 3.63) is 48.3 Å². The second-order valence-electron chi connectivity index (χ2n) is 6.01. The Hall–Kier alpha value is -2.61. The molecule has 1 atom stereocenters. The van der Waals surface area contributed by atoms with Crippen molar-refractivity contribution in [1.82, 2.24) is 0 Å². The molecule has 6 nitrogen and oxygen atoms in total. The monoisotopic (exact) mass is 378 g/mol. The number of unbranched alkanes of at least 4 members (excludes halogenated alkanes) is 1. The third-order valence-corrected chi connectivity index (χ3v) is 5.36. The fourth-order valence-corrected chi connectivity index (χ4v) is 3.72. The van der Waals surface area contributed by atoms with E-state index in [0.717, 1.165) is 18.9 Å². The van der Waals surface area contributed by atoms with Gasteiger partial charge in [0, 0.05) is 0 Å². The summed E-state index contributed by atoms with van der Waals surface area (Å²) in [6.45, 7) is 2.03. The maximum atomic E-state index is 13.2. The summed E-state index contributed by atoms with van der Waals surface area (Å²) in [6.07, 6.45) is 1.83. The number of carbonyl (C=O) groups is 1. The fraction of sp³-hybridized carbons (Fsp3) is 0.278. The first-order valence-corrected chi connectivity index (χ1v) is 9.77. The van der Waals surface area contributed by atoms with Gasteiger partial charge < -0.3 is 10.1 Å². The van der Waals surface area contributed by atoms with E-state index < -0.39 is 21.9 Å². The van der Waals surface area contributed by atoms with E-state index in [1.165, 1.54) is 36.4 Å². The van der Waals surface area contributed by atoms with Gasteiger partial charge in [-0.3, -0.25) is 9.52 Å². The third kappa shape index (κ3) is 3.96. The number of rotatable bonds is 6. The molecule has 0 fully saturated rings. The number of nitrogens with one attached hydrogen (secondary N) is 2. The molecule has 1 aliphatic heterocycles. The van der Waals surface area contributed by atoms with Gasteiger partial charge in [0.15, 0.2) is 6.10 Å². The first-order chi connectivity index (χ1) is 12.4. The molecule has 0 saturated heterocycles. The molecule has 138 valence electrons. The van der Waals surface area contributed by atoms with E-state index in [1.807, 2.05) is 6.92 Å². The van der Waals surface area contributed by atoms with E-state index in [1.54, 1.807) is 0 Å². The number of sulfonamides is 1. The first-order valence-electron chi connectivity index (χ1n) is 8.29. The third-order valence-electron chi connectivity index (χ3n) is 3.98. The number of ether oxygens (including phenoxy) is 1. The molecule has 2 N–H and O–H groups in total. The molecule has 0 bridgehead atoms. The Kier molecular flexibility index (Phi) is 5.13. The maximum Gasteiger partial charge on any atom is 0.265 e. The number of hydrogen-bond acceptors (Lipinski definition) is 4. The summed E-state index contributed by atoms with van der Waals surface area (Å²) in [5.41, 5.74) is 0.410. The molecule has 26 heavy (non-hydrogen) atoms. The Morgan fingerprint density at radius 2 is 2.04 bits per heavy atom. The van der Waals surface area contributed by atoms with Gasteiger partial charge in [-0.25, -0.2) is 12.8 Å². The van der Waals surface area contributed by atoms with Gasteiger partial charge in [0.2, 0.25) is 0 Å². The molecule has 0 aliphatic carbocycles. The van der Waals surface area contributed by atoms with Crippen LogP contribution >= 0.6 is 0 Å². The lowest BCUT2D eigenvalue weighted by atomic mass is 10.1. The van der Waals surface area contributed by atoms with Gasteiger partial charge in [-0.2, -0.15) is 0 Å². The van der Waals surface area contributed by atoms with E-state index in [9.17, 15) is 17.6 Å². The smallest absolute Gasteiger partial charge is 0.265 e. The number of hydrogen-bond donors (Lipinski definition) is 2. The van der Waals surface area contributed by atoms with Crippen molar-refractivity contribution in [3.8, 4) is 5.75 Å². The van der Waals surface area contributed by atoms with E-state index in [-0.39, 0.29) is 16.5 Å². The zero-order valence-electron chi connectivity index (χ0n) is 14.2. The topological polar surface area (TPSA) is 84.5 Å². The second kappa shape index (κ2) is 7.33. The van der Waals surface area contributed by atoms with Gasteiger partial charge in [-0.1, -0.05) is 19.4 Å². The minimum absolute atomic E-state index is 0.0589. The summed E-state index contributed by atoms with van der Waals surface area (Å²) in [6, 6.07) is 9.37.